The van der Waals surface area contributed by atoms with Crippen molar-refractivity contribution >= 4 is 6.09 Å². The summed E-state index contributed by atoms with van der Waals surface area (Å²) in [6.45, 7) is 6.17. The maximum absolute atomic E-state index is 11.7. The van der Waals surface area contributed by atoms with Crippen molar-refractivity contribution in [1.82, 2.24) is 14.7 Å². The van der Waals surface area contributed by atoms with Crippen LogP contribution >= 0.6 is 0 Å². The van der Waals surface area contributed by atoms with Gasteiger partial charge in [0.1, 0.15) is 0 Å². The molecule has 1 fully saturated rings. The first kappa shape index (κ1) is 24.7. The van der Waals surface area contributed by atoms with E-state index in [2.05, 4.69) is 9.80 Å². The summed E-state index contributed by atoms with van der Waals surface area (Å²) in [7, 11) is 4.87. The lowest BCUT2D eigenvalue weighted by atomic mass is 10.1. The molecule has 0 bridgehead atoms. The number of methoxy groups -OCH3 is 3. The van der Waals surface area contributed by atoms with Crippen molar-refractivity contribution in [3.8, 4) is 17.2 Å². The van der Waals surface area contributed by atoms with E-state index in [4.69, 9.17) is 14.2 Å². The van der Waals surface area contributed by atoms with Crippen LogP contribution in [0.1, 0.15) is 11.1 Å². The Labute approximate surface area is 196 Å². The fraction of sp³-hybridized carbons (Fsp3) is 0.480. The van der Waals surface area contributed by atoms with E-state index in [-0.39, 0.29) is 0 Å². The summed E-state index contributed by atoms with van der Waals surface area (Å²) in [6.07, 6.45) is -0.126. The maximum Gasteiger partial charge on any atom is 0.407 e. The Hall–Kier alpha value is -2.97. The van der Waals surface area contributed by atoms with Gasteiger partial charge in [0.2, 0.25) is 5.75 Å². The SMILES string of the molecule is COc1ccc(CN2CCN(CCN(CCc3ccccc3)C(=O)O)CC2)c(OC)c1OC. The summed E-state index contributed by atoms with van der Waals surface area (Å²) in [5.74, 6) is 1.97. The van der Waals surface area contributed by atoms with Crippen LogP contribution in [0.3, 0.4) is 0 Å². The van der Waals surface area contributed by atoms with Crippen LogP contribution in [-0.4, -0.2) is 93.0 Å². The third kappa shape index (κ3) is 6.76. The molecule has 0 atom stereocenters. The van der Waals surface area contributed by atoms with Crippen molar-refractivity contribution in [2.45, 2.75) is 13.0 Å². The van der Waals surface area contributed by atoms with Crippen molar-refractivity contribution in [2.75, 3.05) is 67.1 Å². The van der Waals surface area contributed by atoms with Crippen molar-refractivity contribution < 1.29 is 24.1 Å². The molecule has 8 heteroatoms. The van der Waals surface area contributed by atoms with Crippen LogP contribution in [0.4, 0.5) is 4.79 Å². The lowest BCUT2D eigenvalue weighted by molar-refractivity contribution is 0.106. The topological polar surface area (TPSA) is 74.7 Å². The van der Waals surface area contributed by atoms with E-state index >= 15 is 0 Å². The molecular formula is C25H35N3O5. The highest BCUT2D eigenvalue weighted by molar-refractivity contribution is 5.65. The van der Waals surface area contributed by atoms with E-state index in [1.54, 1.807) is 21.3 Å². The Morgan fingerprint density at radius 1 is 0.879 bits per heavy atom. The number of nitrogens with zero attached hydrogens (tertiary/aromatic N) is 3. The zero-order chi connectivity index (χ0) is 23.6. The van der Waals surface area contributed by atoms with Gasteiger partial charge in [0.05, 0.1) is 21.3 Å². The highest BCUT2D eigenvalue weighted by atomic mass is 16.5. The standard InChI is InChI=1S/C25H35N3O5/c1-31-22-10-9-21(23(32-2)24(22)33-3)19-27-15-13-26(14-16-27)17-18-28(25(29)30)12-11-20-7-5-4-6-8-20/h4-10H,11-19H2,1-3H3,(H,29,30). The monoisotopic (exact) mass is 457 g/mol. The highest BCUT2D eigenvalue weighted by Crippen LogP contribution is 2.40. The largest absolute Gasteiger partial charge is 0.493 e. The molecule has 1 N–H and O–H groups in total. The van der Waals surface area contributed by atoms with Crippen LogP contribution in [0, 0.1) is 0 Å². The Balaban J connectivity index is 1.48. The lowest BCUT2D eigenvalue weighted by Gasteiger charge is -2.35. The molecule has 0 aromatic heterocycles. The molecule has 0 aliphatic carbocycles. The predicted octanol–water partition coefficient (Wildman–Crippen LogP) is 3.05. The van der Waals surface area contributed by atoms with Crippen LogP contribution in [-0.2, 0) is 13.0 Å². The second-order valence-electron chi connectivity index (χ2n) is 8.12. The molecule has 0 spiro atoms. The molecule has 0 unspecified atom stereocenters. The number of rotatable bonds is 11. The molecule has 1 heterocycles. The van der Waals surface area contributed by atoms with Gasteiger partial charge in [-0.15, -0.1) is 0 Å². The fourth-order valence-corrected chi connectivity index (χ4v) is 4.17. The van der Waals surface area contributed by atoms with Crippen LogP contribution in [0.15, 0.2) is 42.5 Å². The minimum atomic E-state index is -0.856. The van der Waals surface area contributed by atoms with Gasteiger partial charge in [-0.05, 0) is 18.1 Å². The molecule has 2 aromatic carbocycles. The Kier molecular flexibility index (Phi) is 9.21. The molecule has 1 saturated heterocycles. The molecule has 3 rings (SSSR count). The number of carboxylic acid groups (broad SMARTS) is 1. The molecule has 33 heavy (non-hydrogen) atoms. The zero-order valence-electron chi connectivity index (χ0n) is 19.8. The van der Waals surface area contributed by atoms with Gasteiger partial charge in [0.25, 0.3) is 0 Å². The van der Waals surface area contributed by atoms with Gasteiger partial charge in [-0.1, -0.05) is 36.4 Å². The Bertz CT molecular complexity index is 885. The quantitative estimate of drug-likeness (QED) is 0.556. The minimum Gasteiger partial charge on any atom is -0.493 e. The zero-order valence-corrected chi connectivity index (χ0v) is 19.8. The Morgan fingerprint density at radius 3 is 2.15 bits per heavy atom. The van der Waals surface area contributed by atoms with Gasteiger partial charge in [0.15, 0.2) is 11.5 Å². The van der Waals surface area contributed by atoms with Crippen molar-refractivity contribution in [3.63, 3.8) is 0 Å². The van der Waals surface area contributed by atoms with E-state index in [1.165, 1.54) is 4.90 Å². The second-order valence-corrected chi connectivity index (χ2v) is 8.12. The summed E-state index contributed by atoms with van der Waals surface area (Å²) in [5.41, 5.74) is 2.21. The third-order valence-corrected chi connectivity index (χ3v) is 6.11. The number of amides is 1. The van der Waals surface area contributed by atoms with Crippen LogP contribution in [0.25, 0.3) is 0 Å². The van der Waals surface area contributed by atoms with Crippen LogP contribution < -0.4 is 14.2 Å². The molecule has 8 nitrogen and oxygen atoms in total. The van der Waals surface area contributed by atoms with Gasteiger partial charge in [-0.3, -0.25) is 9.80 Å². The molecule has 2 aromatic rings. The third-order valence-electron chi connectivity index (χ3n) is 6.11. The predicted molar refractivity (Wildman–Crippen MR) is 128 cm³/mol. The summed E-state index contributed by atoms with van der Waals surface area (Å²) < 4.78 is 16.5. The molecule has 1 aliphatic heterocycles. The summed E-state index contributed by atoms with van der Waals surface area (Å²) in [4.78, 5) is 17.9. The average molecular weight is 458 g/mol. The summed E-state index contributed by atoms with van der Waals surface area (Å²) in [6, 6.07) is 13.9. The molecule has 0 radical (unpaired) electrons. The van der Waals surface area contributed by atoms with Gasteiger partial charge < -0.3 is 24.2 Å². The van der Waals surface area contributed by atoms with Crippen molar-refractivity contribution in [2.24, 2.45) is 0 Å². The van der Waals surface area contributed by atoms with Gasteiger partial charge in [-0.25, -0.2) is 4.79 Å². The van der Waals surface area contributed by atoms with E-state index < -0.39 is 6.09 Å². The average Bonchev–Trinajstić information content (AvgIpc) is 2.84. The van der Waals surface area contributed by atoms with E-state index in [9.17, 15) is 9.90 Å². The fourth-order valence-electron chi connectivity index (χ4n) is 4.17. The van der Waals surface area contributed by atoms with Gasteiger partial charge in [0, 0.05) is 57.9 Å². The Morgan fingerprint density at radius 2 is 1.55 bits per heavy atom. The van der Waals surface area contributed by atoms with Gasteiger partial charge >= 0.3 is 6.09 Å². The minimum absolute atomic E-state index is 0.512. The summed E-state index contributed by atoms with van der Waals surface area (Å²) in [5, 5.41) is 9.58. The van der Waals surface area contributed by atoms with Gasteiger partial charge in [-0.2, -0.15) is 0 Å². The number of hydrogen-bond donors (Lipinski definition) is 1. The molecule has 1 amide bonds. The normalized spacial score (nSPS) is 14.6. The number of hydrogen-bond acceptors (Lipinski definition) is 6. The van der Waals surface area contributed by atoms with Crippen molar-refractivity contribution in [1.29, 1.82) is 0 Å². The number of ether oxygens (including phenoxy) is 3. The summed E-state index contributed by atoms with van der Waals surface area (Å²) >= 11 is 0. The smallest absolute Gasteiger partial charge is 0.407 e. The maximum atomic E-state index is 11.7. The van der Waals surface area contributed by atoms with Crippen molar-refractivity contribution in [3.05, 3.63) is 53.6 Å². The van der Waals surface area contributed by atoms with E-state index in [1.807, 2.05) is 42.5 Å². The van der Waals surface area contributed by atoms with Crippen LogP contribution in [0.5, 0.6) is 17.2 Å². The first-order chi connectivity index (χ1) is 16.0. The van der Waals surface area contributed by atoms with E-state index in [0.717, 1.165) is 56.8 Å². The first-order valence-electron chi connectivity index (χ1n) is 11.3. The molecule has 0 saturated carbocycles. The molecule has 180 valence electrons. The number of carbonyl (C=O) groups is 1. The number of piperazine rings is 1. The second kappa shape index (κ2) is 12.3. The van der Waals surface area contributed by atoms with E-state index in [0.29, 0.717) is 30.3 Å². The molecule has 1 aliphatic rings. The number of benzene rings is 2. The lowest BCUT2D eigenvalue weighted by Crippen LogP contribution is -2.48. The first-order valence-corrected chi connectivity index (χ1v) is 11.3. The van der Waals surface area contributed by atoms with Crippen LogP contribution in [0.2, 0.25) is 0 Å². The highest BCUT2D eigenvalue weighted by Gasteiger charge is 2.22. The molecular weight excluding hydrogens is 422 g/mol.